The lowest BCUT2D eigenvalue weighted by atomic mass is 9.55. The second-order valence-electron chi connectivity index (χ2n) is 18.5. The molecule has 2 aliphatic heterocycles. The number of ether oxygens (including phenoxy) is 6. The zero-order chi connectivity index (χ0) is 46.3. The van der Waals surface area contributed by atoms with Crippen molar-refractivity contribution in [1.82, 2.24) is 4.90 Å². The van der Waals surface area contributed by atoms with Crippen molar-refractivity contribution >= 4 is 11.8 Å². The van der Waals surface area contributed by atoms with Gasteiger partial charge in [-0.05, 0) is 130 Å². The summed E-state index contributed by atoms with van der Waals surface area (Å²) in [5, 5.41) is 25.0. The molecule has 4 aromatic carbocycles. The van der Waals surface area contributed by atoms with Gasteiger partial charge in [-0.3, -0.25) is 4.90 Å². The van der Waals surface area contributed by atoms with Gasteiger partial charge < -0.3 is 43.5 Å². The SMILES string of the molecule is C=CCOC12Oc3ccc(Oc4ccc(-c5ccccc5)cc4)cc3C3C(CCCCO)C(CCCCO)C=C(C(=NOC(C)(C)C)CC1N(Cc1ccc4c(c1)OCO4)C(=O)OCC)C32. The van der Waals surface area contributed by atoms with Crippen LogP contribution in [0.3, 0.4) is 0 Å². The maximum Gasteiger partial charge on any atom is 0.410 e. The van der Waals surface area contributed by atoms with Crippen LogP contribution in [0.15, 0.2) is 120 Å². The summed E-state index contributed by atoms with van der Waals surface area (Å²) in [4.78, 5) is 22.6. The highest BCUT2D eigenvalue weighted by molar-refractivity contribution is 6.03. The molecule has 1 saturated carbocycles. The number of carbonyl (C=O) groups is 1. The zero-order valence-corrected chi connectivity index (χ0v) is 38.7. The minimum atomic E-state index is -1.47. The van der Waals surface area contributed by atoms with Gasteiger partial charge in [-0.25, -0.2) is 4.79 Å². The van der Waals surface area contributed by atoms with Gasteiger partial charge in [0.15, 0.2) is 11.5 Å². The van der Waals surface area contributed by atoms with Crippen LogP contribution in [0.4, 0.5) is 4.79 Å². The Bertz CT molecular complexity index is 2360. The summed E-state index contributed by atoms with van der Waals surface area (Å²) in [6, 6.07) is 29.2. The lowest BCUT2D eigenvalue weighted by molar-refractivity contribution is -0.256. The number of carbonyl (C=O) groups excluding carboxylic acids is 1. The number of benzene rings is 4. The van der Waals surface area contributed by atoms with Crippen molar-refractivity contribution in [2.75, 3.05) is 33.2 Å². The molecule has 2 heterocycles. The van der Waals surface area contributed by atoms with Gasteiger partial charge in [0.1, 0.15) is 28.9 Å². The topological polar surface area (TPSA) is 138 Å². The first-order valence-electron chi connectivity index (χ1n) is 23.5. The van der Waals surface area contributed by atoms with Gasteiger partial charge >= 0.3 is 6.09 Å². The van der Waals surface area contributed by atoms with E-state index in [1.165, 1.54) is 0 Å². The summed E-state index contributed by atoms with van der Waals surface area (Å²) in [5.74, 6) is 1.09. The third-order valence-electron chi connectivity index (χ3n) is 12.9. The second-order valence-corrected chi connectivity index (χ2v) is 18.5. The Labute approximate surface area is 388 Å². The number of amides is 1. The number of hydrogen-bond donors (Lipinski definition) is 2. The van der Waals surface area contributed by atoms with E-state index in [2.05, 4.69) is 43.0 Å². The fourth-order valence-corrected chi connectivity index (χ4v) is 10.1. The number of allylic oxidation sites excluding steroid dienone is 1. The van der Waals surface area contributed by atoms with Crippen molar-refractivity contribution in [2.24, 2.45) is 22.9 Å². The van der Waals surface area contributed by atoms with Crippen LogP contribution in [-0.4, -0.2) is 77.6 Å². The number of oxime groups is 1. The Hall–Kier alpha value is -5.82. The summed E-state index contributed by atoms with van der Waals surface area (Å²) in [5.41, 5.74) is 4.99. The predicted molar refractivity (Wildman–Crippen MR) is 253 cm³/mol. The van der Waals surface area contributed by atoms with Crippen LogP contribution in [0.25, 0.3) is 11.1 Å². The van der Waals surface area contributed by atoms with Gasteiger partial charge in [0.05, 0.1) is 24.8 Å². The molecule has 1 fully saturated rings. The number of aliphatic hydroxyl groups is 2. The Morgan fingerprint density at radius 1 is 0.879 bits per heavy atom. The molecule has 12 nitrogen and oxygen atoms in total. The summed E-state index contributed by atoms with van der Waals surface area (Å²) >= 11 is 0. The molecule has 0 aromatic heterocycles. The van der Waals surface area contributed by atoms with Crippen molar-refractivity contribution in [3.63, 3.8) is 0 Å². The number of fused-ring (bicyclic) bond motifs is 3. The molecule has 8 rings (SSSR count). The minimum Gasteiger partial charge on any atom is -0.459 e. The minimum absolute atomic E-state index is 0.0344. The van der Waals surface area contributed by atoms with Gasteiger partial charge in [0, 0.05) is 37.7 Å². The average Bonchev–Trinajstić information content (AvgIpc) is 3.79. The third kappa shape index (κ3) is 10.1. The fourth-order valence-electron chi connectivity index (χ4n) is 10.1. The van der Waals surface area contributed by atoms with E-state index in [0.29, 0.717) is 47.3 Å². The second kappa shape index (κ2) is 20.8. The predicted octanol–water partition coefficient (Wildman–Crippen LogP) is 11.0. The van der Waals surface area contributed by atoms with E-state index in [1.807, 2.05) is 81.4 Å². The fraction of sp³-hybridized carbons (Fsp3) is 0.444. The molecule has 350 valence electrons. The standard InChI is InChI=1S/C54H64N2O10/c1-6-29-63-54-49(56(52(59)60-7-2)34-36-19-25-47-48(30-36)62-35-61-47)33-45(55-66-53(3,4)5)43-31-39(17-11-13-27-57)42(18-12-14-28-58)50(51(43)54)44-32-41(24-26-46(44)65-54)64-40-22-20-38(21-23-40)37-15-9-8-10-16-37/h6,8-10,15-16,19-26,30-32,39,42,49-51,57-58H,1,7,11-14,17-18,27-29,33-35H2,2-5H3. The van der Waals surface area contributed by atoms with Gasteiger partial charge in [0.25, 0.3) is 0 Å². The third-order valence-corrected chi connectivity index (χ3v) is 12.9. The first-order chi connectivity index (χ1) is 32.0. The van der Waals surface area contributed by atoms with Crippen LogP contribution < -0.4 is 18.9 Å². The van der Waals surface area contributed by atoms with E-state index in [0.717, 1.165) is 53.5 Å². The van der Waals surface area contributed by atoms with E-state index in [-0.39, 0.29) is 63.9 Å². The molecule has 0 saturated heterocycles. The number of aliphatic hydroxyl groups excluding tert-OH is 2. The van der Waals surface area contributed by atoms with Crippen molar-refractivity contribution in [3.8, 4) is 39.9 Å². The van der Waals surface area contributed by atoms with E-state index in [9.17, 15) is 15.0 Å². The van der Waals surface area contributed by atoms with E-state index in [4.69, 9.17) is 38.4 Å². The first kappa shape index (κ1) is 46.7. The van der Waals surface area contributed by atoms with Crippen LogP contribution in [0.5, 0.6) is 28.7 Å². The number of unbranched alkanes of at least 4 members (excludes halogenated alkanes) is 2. The normalized spacial score (nSPS) is 23.2. The highest BCUT2D eigenvalue weighted by Gasteiger charge is 2.66. The molecule has 4 aromatic rings. The van der Waals surface area contributed by atoms with Crippen LogP contribution >= 0.6 is 0 Å². The molecule has 0 spiro atoms. The Morgan fingerprint density at radius 3 is 2.32 bits per heavy atom. The van der Waals surface area contributed by atoms with E-state index >= 15 is 0 Å². The molecule has 6 atom stereocenters. The Kier molecular flexibility index (Phi) is 14.7. The lowest BCUT2D eigenvalue weighted by Crippen LogP contribution is -2.70. The van der Waals surface area contributed by atoms with Crippen LogP contribution in [0.2, 0.25) is 0 Å². The highest BCUT2D eigenvalue weighted by atomic mass is 16.7. The Morgan fingerprint density at radius 2 is 1.59 bits per heavy atom. The molecule has 0 bridgehead atoms. The highest BCUT2D eigenvalue weighted by Crippen LogP contribution is 2.62. The number of rotatable bonds is 19. The number of nitrogens with zero attached hydrogens (tertiary/aromatic N) is 2. The monoisotopic (exact) mass is 900 g/mol. The van der Waals surface area contributed by atoms with Gasteiger partial charge in [0.2, 0.25) is 12.6 Å². The summed E-state index contributed by atoms with van der Waals surface area (Å²) in [6.07, 6.45) is 8.30. The van der Waals surface area contributed by atoms with Gasteiger partial charge in [-0.1, -0.05) is 78.7 Å². The van der Waals surface area contributed by atoms with E-state index < -0.39 is 29.4 Å². The van der Waals surface area contributed by atoms with Crippen molar-refractivity contribution in [3.05, 3.63) is 126 Å². The zero-order valence-electron chi connectivity index (χ0n) is 38.7. The molecule has 0 radical (unpaired) electrons. The Balaban J connectivity index is 1.30. The van der Waals surface area contributed by atoms with Crippen LogP contribution in [0, 0.1) is 17.8 Å². The molecule has 2 aliphatic carbocycles. The smallest absolute Gasteiger partial charge is 0.410 e. The van der Waals surface area contributed by atoms with Crippen LogP contribution in [0.1, 0.15) is 89.7 Å². The average molecular weight is 901 g/mol. The van der Waals surface area contributed by atoms with Crippen molar-refractivity contribution in [2.45, 2.75) is 103 Å². The largest absolute Gasteiger partial charge is 0.459 e. The molecule has 66 heavy (non-hydrogen) atoms. The summed E-state index contributed by atoms with van der Waals surface area (Å²) < 4.78 is 38.5. The van der Waals surface area contributed by atoms with Gasteiger partial charge in [-0.15, -0.1) is 6.58 Å². The molecule has 12 heteroatoms. The molecule has 1 amide bonds. The maximum absolute atomic E-state index is 14.6. The number of hydrogen-bond acceptors (Lipinski definition) is 11. The quantitative estimate of drug-likeness (QED) is 0.0531. The molecule has 4 aliphatic rings. The van der Waals surface area contributed by atoms with Crippen molar-refractivity contribution < 1.29 is 48.3 Å². The van der Waals surface area contributed by atoms with Crippen LogP contribution in [-0.2, 0) is 20.9 Å². The maximum atomic E-state index is 14.6. The first-order valence-corrected chi connectivity index (χ1v) is 23.5. The lowest BCUT2D eigenvalue weighted by Gasteiger charge is -2.60. The molecule has 6 unspecified atom stereocenters. The van der Waals surface area contributed by atoms with Crippen molar-refractivity contribution in [1.29, 1.82) is 0 Å². The van der Waals surface area contributed by atoms with Gasteiger partial charge in [-0.2, -0.15) is 0 Å². The molecular weight excluding hydrogens is 837 g/mol. The van der Waals surface area contributed by atoms with E-state index in [1.54, 1.807) is 17.9 Å². The summed E-state index contributed by atoms with van der Waals surface area (Å²) in [7, 11) is 0. The molecular formula is C54H64N2O10. The summed E-state index contributed by atoms with van der Waals surface area (Å²) in [6.45, 7) is 12.5. The molecule has 2 N–H and O–H groups in total.